The smallest absolute Gasteiger partial charge is 0.230 e. The molecular weight excluding hydrogens is 430 g/mol. The number of anilines is 1. The van der Waals surface area contributed by atoms with Gasteiger partial charge in [-0.25, -0.2) is 0 Å². The van der Waals surface area contributed by atoms with Crippen LogP contribution in [0.2, 0.25) is 0 Å². The summed E-state index contributed by atoms with van der Waals surface area (Å²) in [6.45, 7) is 0. The van der Waals surface area contributed by atoms with Gasteiger partial charge < -0.3 is 14.8 Å². The SMILES string of the molecule is COc1ccc(Cc2nnc(NC(=O)Cc3cccc(Br)c3)s2)cc1OC. The number of amides is 1. The molecule has 27 heavy (non-hydrogen) atoms. The number of benzene rings is 2. The van der Waals surface area contributed by atoms with Gasteiger partial charge in [0.05, 0.1) is 20.6 Å². The van der Waals surface area contributed by atoms with Crippen molar-refractivity contribution in [2.24, 2.45) is 0 Å². The molecule has 0 aliphatic carbocycles. The molecule has 140 valence electrons. The summed E-state index contributed by atoms with van der Waals surface area (Å²) in [6, 6.07) is 13.4. The van der Waals surface area contributed by atoms with Gasteiger partial charge >= 0.3 is 0 Å². The lowest BCUT2D eigenvalue weighted by molar-refractivity contribution is -0.115. The highest BCUT2D eigenvalue weighted by Gasteiger charge is 2.11. The minimum absolute atomic E-state index is 0.123. The van der Waals surface area contributed by atoms with E-state index in [2.05, 4.69) is 31.4 Å². The first-order valence-corrected chi connectivity index (χ1v) is 9.76. The van der Waals surface area contributed by atoms with Crippen LogP contribution in [0, 0.1) is 0 Å². The van der Waals surface area contributed by atoms with Crippen LogP contribution in [0.15, 0.2) is 46.9 Å². The van der Waals surface area contributed by atoms with Gasteiger partial charge in [-0.3, -0.25) is 4.79 Å². The van der Waals surface area contributed by atoms with Crippen molar-refractivity contribution in [3.63, 3.8) is 0 Å². The number of nitrogens with zero attached hydrogens (tertiary/aromatic N) is 2. The van der Waals surface area contributed by atoms with Crippen LogP contribution in [0.3, 0.4) is 0 Å². The summed E-state index contributed by atoms with van der Waals surface area (Å²) in [4.78, 5) is 12.2. The summed E-state index contributed by atoms with van der Waals surface area (Å²) in [7, 11) is 3.21. The monoisotopic (exact) mass is 447 g/mol. The zero-order valence-electron chi connectivity index (χ0n) is 14.9. The Balaban J connectivity index is 1.62. The highest BCUT2D eigenvalue weighted by atomic mass is 79.9. The fraction of sp³-hybridized carbons (Fsp3) is 0.211. The quantitative estimate of drug-likeness (QED) is 0.590. The molecule has 2 aromatic carbocycles. The van der Waals surface area contributed by atoms with Crippen LogP contribution in [-0.4, -0.2) is 30.3 Å². The third kappa shape index (κ3) is 5.27. The van der Waals surface area contributed by atoms with Gasteiger partial charge in [0.25, 0.3) is 0 Å². The second-order valence-electron chi connectivity index (χ2n) is 5.72. The molecule has 8 heteroatoms. The molecule has 3 aromatic rings. The fourth-order valence-corrected chi connectivity index (χ4v) is 3.77. The molecule has 0 aliphatic rings. The maximum atomic E-state index is 12.2. The molecule has 6 nitrogen and oxygen atoms in total. The third-order valence-corrected chi connectivity index (χ3v) is 5.10. The highest BCUT2D eigenvalue weighted by Crippen LogP contribution is 2.29. The topological polar surface area (TPSA) is 73.3 Å². The maximum Gasteiger partial charge on any atom is 0.230 e. The van der Waals surface area contributed by atoms with Gasteiger partial charge in [0.2, 0.25) is 11.0 Å². The Morgan fingerprint density at radius 2 is 1.89 bits per heavy atom. The molecule has 0 unspecified atom stereocenters. The van der Waals surface area contributed by atoms with Crippen molar-refractivity contribution in [3.8, 4) is 11.5 Å². The lowest BCUT2D eigenvalue weighted by Crippen LogP contribution is -2.14. The summed E-state index contributed by atoms with van der Waals surface area (Å²) >= 11 is 4.76. The van der Waals surface area contributed by atoms with Crippen molar-refractivity contribution in [2.45, 2.75) is 12.8 Å². The number of nitrogens with one attached hydrogen (secondary N) is 1. The molecule has 3 rings (SSSR count). The molecule has 0 fully saturated rings. The molecule has 0 aliphatic heterocycles. The van der Waals surface area contributed by atoms with Gasteiger partial charge in [-0.2, -0.15) is 0 Å². The van der Waals surface area contributed by atoms with Gasteiger partial charge in [-0.05, 0) is 35.4 Å². The van der Waals surface area contributed by atoms with Crippen LogP contribution in [-0.2, 0) is 17.6 Å². The Kier molecular flexibility index (Phi) is 6.41. The van der Waals surface area contributed by atoms with E-state index >= 15 is 0 Å². The molecule has 0 atom stereocenters. The molecule has 1 aromatic heterocycles. The first-order valence-electron chi connectivity index (χ1n) is 8.15. The molecular formula is C19H18BrN3O3S. The van der Waals surface area contributed by atoms with Crippen LogP contribution < -0.4 is 14.8 Å². The Morgan fingerprint density at radius 3 is 2.63 bits per heavy atom. The van der Waals surface area contributed by atoms with Crippen molar-refractivity contribution in [1.82, 2.24) is 10.2 Å². The van der Waals surface area contributed by atoms with E-state index in [4.69, 9.17) is 9.47 Å². The van der Waals surface area contributed by atoms with E-state index in [1.54, 1.807) is 14.2 Å². The molecule has 1 amide bonds. The van der Waals surface area contributed by atoms with Crippen molar-refractivity contribution in [3.05, 3.63) is 63.1 Å². The van der Waals surface area contributed by atoms with E-state index in [0.29, 0.717) is 23.1 Å². The molecule has 1 heterocycles. The number of ether oxygens (including phenoxy) is 2. The van der Waals surface area contributed by atoms with Crippen molar-refractivity contribution < 1.29 is 14.3 Å². The number of hydrogen-bond donors (Lipinski definition) is 1. The number of carbonyl (C=O) groups is 1. The van der Waals surface area contributed by atoms with E-state index in [1.165, 1.54) is 11.3 Å². The average molecular weight is 448 g/mol. The number of aromatic nitrogens is 2. The Bertz CT molecular complexity index is 945. The summed E-state index contributed by atoms with van der Waals surface area (Å²) in [5.41, 5.74) is 1.95. The normalized spacial score (nSPS) is 10.5. The van der Waals surface area contributed by atoms with E-state index in [0.717, 1.165) is 20.6 Å². The summed E-state index contributed by atoms with van der Waals surface area (Å²) < 4.78 is 11.5. The minimum Gasteiger partial charge on any atom is -0.493 e. The number of methoxy groups -OCH3 is 2. The predicted molar refractivity (Wildman–Crippen MR) is 109 cm³/mol. The van der Waals surface area contributed by atoms with E-state index < -0.39 is 0 Å². The first kappa shape index (κ1) is 19.3. The lowest BCUT2D eigenvalue weighted by atomic mass is 10.1. The summed E-state index contributed by atoms with van der Waals surface area (Å²) in [6.07, 6.45) is 0.879. The first-order chi connectivity index (χ1) is 13.1. The fourth-order valence-electron chi connectivity index (χ4n) is 2.54. The Morgan fingerprint density at radius 1 is 1.07 bits per heavy atom. The maximum absolute atomic E-state index is 12.2. The number of halogens is 1. The number of carbonyl (C=O) groups excluding carboxylic acids is 1. The Labute approximate surface area is 169 Å². The highest BCUT2D eigenvalue weighted by molar-refractivity contribution is 9.10. The van der Waals surface area contributed by atoms with E-state index in [9.17, 15) is 4.79 Å². The van der Waals surface area contributed by atoms with Crippen LogP contribution in [0.1, 0.15) is 16.1 Å². The zero-order valence-corrected chi connectivity index (χ0v) is 17.3. The van der Waals surface area contributed by atoms with Gasteiger partial charge in [0.15, 0.2) is 11.5 Å². The molecule has 0 radical (unpaired) electrons. The van der Waals surface area contributed by atoms with Crippen LogP contribution in [0.4, 0.5) is 5.13 Å². The predicted octanol–water partition coefficient (Wildman–Crippen LogP) is 4.09. The molecule has 0 bridgehead atoms. The second-order valence-corrected chi connectivity index (χ2v) is 7.70. The molecule has 1 N–H and O–H groups in total. The lowest BCUT2D eigenvalue weighted by Gasteiger charge is -2.08. The second kappa shape index (κ2) is 8.96. The van der Waals surface area contributed by atoms with E-state index in [1.807, 2.05) is 42.5 Å². The molecule has 0 saturated heterocycles. The largest absolute Gasteiger partial charge is 0.493 e. The summed E-state index contributed by atoms with van der Waals surface area (Å²) in [5, 5.41) is 12.3. The van der Waals surface area contributed by atoms with Gasteiger partial charge in [0, 0.05) is 10.9 Å². The molecule has 0 spiro atoms. The van der Waals surface area contributed by atoms with Crippen molar-refractivity contribution in [1.29, 1.82) is 0 Å². The third-order valence-electron chi connectivity index (χ3n) is 3.77. The van der Waals surface area contributed by atoms with Crippen LogP contribution >= 0.6 is 27.3 Å². The standard InChI is InChI=1S/C19H18BrN3O3S/c1-25-15-7-6-13(9-16(15)26-2)11-18-22-23-19(27-18)21-17(24)10-12-4-3-5-14(20)8-12/h3-9H,10-11H2,1-2H3,(H,21,23,24). The zero-order chi connectivity index (χ0) is 19.2. The number of rotatable bonds is 7. The van der Waals surface area contributed by atoms with Gasteiger partial charge in [-0.1, -0.05) is 45.5 Å². The van der Waals surface area contributed by atoms with Crippen LogP contribution in [0.5, 0.6) is 11.5 Å². The van der Waals surface area contributed by atoms with Crippen molar-refractivity contribution >= 4 is 38.3 Å². The molecule has 0 saturated carbocycles. The summed E-state index contributed by atoms with van der Waals surface area (Å²) in [5.74, 6) is 1.22. The van der Waals surface area contributed by atoms with Crippen molar-refractivity contribution in [2.75, 3.05) is 19.5 Å². The van der Waals surface area contributed by atoms with E-state index in [-0.39, 0.29) is 12.3 Å². The van der Waals surface area contributed by atoms with Gasteiger partial charge in [0.1, 0.15) is 5.01 Å². The Hall–Kier alpha value is -2.45. The average Bonchev–Trinajstić information content (AvgIpc) is 3.08. The minimum atomic E-state index is -0.123. The number of hydrogen-bond acceptors (Lipinski definition) is 6. The van der Waals surface area contributed by atoms with Gasteiger partial charge in [-0.15, -0.1) is 10.2 Å². The van der Waals surface area contributed by atoms with Crippen LogP contribution in [0.25, 0.3) is 0 Å².